The Balaban J connectivity index is 2.16. The maximum atomic E-state index is 15.6. The SMILES string of the molecule is CCC/C(=C(/CCC)P(=O)(c1ccccc1)c1ccccc1)P(=O)(c1ccccc1)c1ccccc1. The summed E-state index contributed by atoms with van der Waals surface area (Å²) >= 11 is 0. The Bertz CT molecular complexity index is 1180. The van der Waals surface area contributed by atoms with Gasteiger partial charge >= 0.3 is 0 Å². The van der Waals surface area contributed by atoms with Crippen LogP contribution in [0, 0.1) is 0 Å². The lowest BCUT2D eigenvalue weighted by atomic mass is 10.2. The van der Waals surface area contributed by atoms with Gasteiger partial charge in [0, 0.05) is 31.8 Å². The summed E-state index contributed by atoms with van der Waals surface area (Å²) in [6.07, 6.45) is 2.88. The van der Waals surface area contributed by atoms with Crippen molar-refractivity contribution < 1.29 is 9.13 Å². The minimum absolute atomic E-state index is 0.625. The lowest BCUT2D eigenvalue weighted by molar-refractivity contribution is 0.584. The smallest absolute Gasteiger partial charge is 0.167 e. The second kappa shape index (κ2) is 11.9. The van der Waals surface area contributed by atoms with Gasteiger partial charge in [-0.25, -0.2) is 0 Å². The van der Waals surface area contributed by atoms with Crippen LogP contribution in [0.5, 0.6) is 0 Å². The minimum Gasteiger partial charge on any atom is -0.309 e. The Kier molecular flexibility index (Phi) is 8.63. The van der Waals surface area contributed by atoms with E-state index in [0.717, 1.165) is 44.7 Å². The zero-order chi connectivity index (χ0) is 25.4. The van der Waals surface area contributed by atoms with Gasteiger partial charge in [-0.3, -0.25) is 0 Å². The van der Waals surface area contributed by atoms with Crippen molar-refractivity contribution in [3.63, 3.8) is 0 Å². The molecule has 0 N–H and O–H groups in total. The van der Waals surface area contributed by atoms with Gasteiger partial charge in [-0.1, -0.05) is 148 Å². The average Bonchev–Trinajstić information content (AvgIpc) is 2.96. The highest BCUT2D eigenvalue weighted by Gasteiger charge is 2.40. The van der Waals surface area contributed by atoms with Crippen molar-refractivity contribution in [2.75, 3.05) is 0 Å². The third-order valence-corrected chi connectivity index (χ3v) is 13.3. The topological polar surface area (TPSA) is 34.1 Å². The van der Waals surface area contributed by atoms with Crippen LogP contribution in [0.25, 0.3) is 0 Å². The standard InChI is InChI=1S/C32H34O2P2/c1-3-17-31(35(33,27-19-9-5-10-20-27)28-21-11-6-12-22-28)32(18-4-2)36(34,29-23-13-7-14-24-29)30-25-15-8-16-26-30/h5-16,19-26H,3-4,17-18H2,1-2H3/b32-31+. The third kappa shape index (κ3) is 4.99. The fourth-order valence-electron chi connectivity index (χ4n) is 4.91. The molecule has 0 atom stereocenters. The number of hydrogen-bond donors (Lipinski definition) is 0. The van der Waals surface area contributed by atoms with Crippen molar-refractivity contribution in [2.24, 2.45) is 0 Å². The molecule has 0 spiro atoms. The highest BCUT2D eigenvalue weighted by atomic mass is 31.2. The number of benzene rings is 4. The first-order chi connectivity index (χ1) is 17.6. The summed E-state index contributed by atoms with van der Waals surface area (Å²) in [5.41, 5.74) is 0. The first kappa shape index (κ1) is 26.2. The van der Waals surface area contributed by atoms with Gasteiger partial charge in [-0.2, -0.15) is 0 Å². The molecule has 4 aromatic rings. The molecule has 0 aliphatic rings. The summed E-state index contributed by atoms with van der Waals surface area (Å²) in [7, 11) is -6.53. The van der Waals surface area contributed by atoms with Crippen molar-refractivity contribution in [2.45, 2.75) is 39.5 Å². The summed E-state index contributed by atoms with van der Waals surface area (Å²) < 4.78 is 31.1. The van der Waals surface area contributed by atoms with Gasteiger partial charge in [-0.05, 0) is 12.8 Å². The van der Waals surface area contributed by atoms with Gasteiger partial charge in [0.2, 0.25) is 0 Å². The Morgan fingerprint density at radius 3 is 0.861 bits per heavy atom. The van der Waals surface area contributed by atoms with Crippen LogP contribution in [-0.4, -0.2) is 0 Å². The fraction of sp³-hybridized carbons (Fsp3) is 0.188. The van der Waals surface area contributed by atoms with Crippen molar-refractivity contribution in [3.8, 4) is 0 Å². The van der Waals surface area contributed by atoms with Crippen molar-refractivity contribution >= 4 is 35.5 Å². The summed E-state index contributed by atoms with van der Waals surface area (Å²) in [5, 5.41) is 4.87. The van der Waals surface area contributed by atoms with Crippen LogP contribution in [0.3, 0.4) is 0 Å². The van der Waals surface area contributed by atoms with Crippen LogP contribution >= 0.6 is 14.3 Å². The molecule has 0 aliphatic heterocycles. The van der Waals surface area contributed by atoms with E-state index in [0.29, 0.717) is 12.8 Å². The number of rotatable bonds is 10. The van der Waals surface area contributed by atoms with E-state index in [9.17, 15) is 0 Å². The fourth-order valence-corrected chi connectivity index (χ4v) is 12.0. The van der Waals surface area contributed by atoms with Crippen molar-refractivity contribution in [3.05, 3.63) is 132 Å². The van der Waals surface area contributed by atoms with Crippen LogP contribution in [-0.2, 0) is 9.13 Å². The molecule has 0 aromatic heterocycles. The van der Waals surface area contributed by atoms with E-state index in [-0.39, 0.29) is 0 Å². The molecule has 4 aromatic carbocycles. The van der Waals surface area contributed by atoms with E-state index in [1.165, 1.54) is 0 Å². The quantitative estimate of drug-likeness (QED) is 0.203. The highest BCUT2D eigenvalue weighted by Crippen LogP contribution is 2.64. The highest BCUT2D eigenvalue weighted by molar-refractivity contribution is 7.86. The van der Waals surface area contributed by atoms with Gasteiger partial charge in [0.1, 0.15) is 0 Å². The van der Waals surface area contributed by atoms with E-state index < -0.39 is 14.3 Å². The molecular weight excluding hydrogens is 478 g/mol. The summed E-state index contributed by atoms with van der Waals surface area (Å²) in [4.78, 5) is 0. The molecular formula is C32H34O2P2. The molecule has 0 fully saturated rings. The molecule has 36 heavy (non-hydrogen) atoms. The summed E-state index contributed by atoms with van der Waals surface area (Å²) in [6, 6.07) is 39.1. The molecule has 2 nitrogen and oxygen atoms in total. The van der Waals surface area contributed by atoms with Gasteiger partial charge in [0.25, 0.3) is 0 Å². The second-order valence-corrected chi connectivity index (χ2v) is 14.5. The normalized spacial score (nSPS) is 12.7. The lowest BCUT2D eigenvalue weighted by Crippen LogP contribution is -2.22. The molecule has 0 radical (unpaired) electrons. The predicted octanol–water partition coefficient (Wildman–Crippen LogP) is 7.83. The largest absolute Gasteiger partial charge is 0.309 e. The number of allylic oxidation sites excluding steroid dienone is 2. The van der Waals surface area contributed by atoms with Crippen LogP contribution in [0.15, 0.2) is 132 Å². The second-order valence-electron chi connectivity index (χ2n) is 8.95. The van der Waals surface area contributed by atoms with E-state index in [4.69, 9.17) is 0 Å². The van der Waals surface area contributed by atoms with E-state index in [1.54, 1.807) is 0 Å². The van der Waals surface area contributed by atoms with E-state index >= 15 is 9.13 Å². The van der Waals surface area contributed by atoms with E-state index in [2.05, 4.69) is 13.8 Å². The van der Waals surface area contributed by atoms with E-state index in [1.807, 2.05) is 121 Å². The van der Waals surface area contributed by atoms with Crippen LogP contribution in [0.4, 0.5) is 0 Å². The van der Waals surface area contributed by atoms with Gasteiger partial charge in [0.05, 0.1) is 0 Å². The Morgan fingerprint density at radius 2 is 0.667 bits per heavy atom. The monoisotopic (exact) mass is 512 g/mol. The molecule has 0 heterocycles. The molecule has 0 aliphatic carbocycles. The third-order valence-electron chi connectivity index (χ3n) is 6.55. The molecule has 0 saturated carbocycles. The van der Waals surface area contributed by atoms with Crippen LogP contribution in [0.1, 0.15) is 39.5 Å². The van der Waals surface area contributed by atoms with Gasteiger partial charge in [0.15, 0.2) is 14.3 Å². The minimum atomic E-state index is -3.27. The molecule has 0 unspecified atom stereocenters. The van der Waals surface area contributed by atoms with Crippen LogP contribution in [0.2, 0.25) is 0 Å². The first-order valence-electron chi connectivity index (χ1n) is 12.7. The summed E-state index contributed by atoms with van der Waals surface area (Å²) in [6.45, 7) is 4.22. The maximum Gasteiger partial charge on any atom is 0.167 e. The molecule has 184 valence electrons. The maximum absolute atomic E-state index is 15.6. The molecule has 4 heteroatoms. The van der Waals surface area contributed by atoms with Crippen molar-refractivity contribution in [1.29, 1.82) is 0 Å². The first-order valence-corrected chi connectivity index (χ1v) is 16.1. The molecule has 0 amide bonds. The number of hydrogen-bond acceptors (Lipinski definition) is 2. The molecule has 4 rings (SSSR count). The van der Waals surface area contributed by atoms with Gasteiger partial charge in [-0.15, -0.1) is 0 Å². The zero-order valence-corrected chi connectivity index (χ0v) is 22.9. The molecule has 0 saturated heterocycles. The average molecular weight is 513 g/mol. The Labute approximate surface area is 215 Å². The molecule has 0 bridgehead atoms. The Hall–Kier alpha value is -2.92. The zero-order valence-electron chi connectivity index (χ0n) is 21.1. The van der Waals surface area contributed by atoms with Crippen molar-refractivity contribution in [1.82, 2.24) is 0 Å². The van der Waals surface area contributed by atoms with Gasteiger partial charge < -0.3 is 9.13 Å². The Morgan fingerprint density at radius 1 is 0.444 bits per heavy atom. The predicted molar refractivity (Wildman–Crippen MR) is 156 cm³/mol. The summed E-state index contributed by atoms with van der Waals surface area (Å²) in [5.74, 6) is 0. The lowest BCUT2D eigenvalue weighted by Gasteiger charge is -2.30. The van der Waals surface area contributed by atoms with Crippen LogP contribution < -0.4 is 21.2 Å².